The van der Waals surface area contributed by atoms with Gasteiger partial charge in [0.25, 0.3) is 11.5 Å². The van der Waals surface area contributed by atoms with Gasteiger partial charge in [0, 0.05) is 35.8 Å². The van der Waals surface area contributed by atoms with E-state index in [-0.39, 0.29) is 31.2 Å². The van der Waals surface area contributed by atoms with Gasteiger partial charge in [-0.3, -0.25) is 29.0 Å². The minimum atomic E-state index is -2.29. The third-order valence-corrected chi connectivity index (χ3v) is 16.9. The average molecular weight is 951 g/mol. The van der Waals surface area contributed by atoms with Crippen molar-refractivity contribution < 1.29 is 28.2 Å². The summed E-state index contributed by atoms with van der Waals surface area (Å²) in [4.78, 5) is 63.5. The standard InChI is InChI=1S/C34H48I2N6O8Si/c1-8-41(12-11-37-32(44)27-17-38-26-15-23(35)9-10-25(26)39-27)13-14-47-34(46)50-28-16-30(42-18-24(36)31(43)40-33(42)45)49-29(28)19-48-51(20(2)3,21(4)5)22(6)7/h9-10,15,17-18,20-22,28-30H,8,11-14,16,19H2,1-7H3,(H,37,44)(H,40,43,45)/t28-,29+,30+/m0/s1. The Labute approximate surface area is 326 Å². The first-order chi connectivity index (χ1) is 24.2. The van der Waals surface area contributed by atoms with Crippen LogP contribution in [0.4, 0.5) is 4.79 Å². The third kappa shape index (κ3) is 10.4. The highest BCUT2D eigenvalue weighted by molar-refractivity contribution is 14.1. The number of amides is 1. The summed E-state index contributed by atoms with van der Waals surface area (Å²) < 4.78 is 27.1. The number of fused-ring (bicyclic) bond motifs is 1. The van der Waals surface area contributed by atoms with Crippen LogP contribution in [0.5, 0.6) is 0 Å². The van der Waals surface area contributed by atoms with Crippen LogP contribution in [0.25, 0.3) is 11.0 Å². The molecular formula is C34H48I2N6O8Si. The molecule has 0 radical (unpaired) electrons. The summed E-state index contributed by atoms with van der Waals surface area (Å²) in [6, 6.07) is 5.66. The van der Waals surface area contributed by atoms with E-state index in [0.717, 1.165) is 9.09 Å². The fraction of sp³-hybridized carbons (Fsp3) is 0.588. The van der Waals surface area contributed by atoms with Crippen molar-refractivity contribution in [2.45, 2.75) is 89.9 Å². The van der Waals surface area contributed by atoms with E-state index in [4.69, 9.17) is 18.6 Å². The van der Waals surface area contributed by atoms with Crippen LogP contribution in [0, 0.1) is 7.14 Å². The molecule has 2 aromatic heterocycles. The molecule has 17 heteroatoms. The smallest absolute Gasteiger partial charge is 0.433 e. The number of aromatic nitrogens is 4. The largest absolute Gasteiger partial charge is 0.508 e. The van der Waals surface area contributed by atoms with Crippen molar-refractivity contribution in [3.05, 3.63) is 64.3 Å². The van der Waals surface area contributed by atoms with E-state index in [1.807, 2.05) is 52.6 Å². The minimum absolute atomic E-state index is 0.0649. The molecule has 51 heavy (non-hydrogen) atoms. The van der Waals surface area contributed by atoms with Crippen molar-refractivity contribution in [1.29, 1.82) is 0 Å². The Hall–Kier alpha value is -2.46. The Balaban J connectivity index is 1.33. The predicted octanol–water partition coefficient (Wildman–Crippen LogP) is 5.44. The molecule has 14 nitrogen and oxygen atoms in total. The van der Waals surface area contributed by atoms with Crippen molar-refractivity contribution in [3.8, 4) is 0 Å². The van der Waals surface area contributed by atoms with E-state index in [0.29, 0.717) is 51.9 Å². The predicted molar refractivity (Wildman–Crippen MR) is 212 cm³/mol. The Kier molecular flexibility index (Phi) is 15.0. The van der Waals surface area contributed by atoms with Gasteiger partial charge in [0.1, 0.15) is 30.7 Å². The van der Waals surface area contributed by atoms with Gasteiger partial charge < -0.3 is 24.0 Å². The molecule has 0 spiro atoms. The third-order valence-electron chi connectivity index (χ3n) is 9.39. The first kappa shape index (κ1) is 41.3. The molecule has 3 heterocycles. The number of halogens is 2. The summed E-state index contributed by atoms with van der Waals surface area (Å²) in [7, 11) is -2.29. The van der Waals surface area contributed by atoms with Crippen LogP contribution in [-0.2, 0) is 18.6 Å². The molecule has 0 bridgehead atoms. The van der Waals surface area contributed by atoms with E-state index >= 15 is 0 Å². The normalized spacial score (nSPS) is 17.9. The summed E-state index contributed by atoms with van der Waals surface area (Å²) >= 11 is 4.06. The Morgan fingerprint density at radius 2 is 1.80 bits per heavy atom. The van der Waals surface area contributed by atoms with Gasteiger partial charge >= 0.3 is 11.8 Å². The molecule has 1 fully saturated rings. The van der Waals surface area contributed by atoms with Crippen LogP contribution in [-0.4, -0.2) is 96.4 Å². The number of aromatic amines is 1. The molecule has 0 unspecified atom stereocenters. The van der Waals surface area contributed by atoms with Gasteiger partial charge in [-0.25, -0.2) is 14.6 Å². The number of rotatable bonds is 16. The number of nitrogens with zero attached hydrogens (tertiary/aromatic N) is 4. The number of nitrogens with one attached hydrogen (secondary N) is 2. The number of likely N-dealkylation sites (N-methyl/N-ethyl adjacent to an activating group) is 1. The number of hydrogen-bond donors (Lipinski definition) is 2. The number of benzene rings is 1. The molecule has 1 aliphatic rings. The van der Waals surface area contributed by atoms with Crippen LogP contribution in [0.15, 0.2) is 40.2 Å². The van der Waals surface area contributed by atoms with Crippen LogP contribution in [0.2, 0.25) is 16.6 Å². The first-order valence-electron chi connectivity index (χ1n) is 17.2. The lowest BCUT2D eigenvalue weighted by Gasteiger charge is -2.42. The van der Waals surface area contributed by atoms with Crippen LogP contribution in [0.3, 0.4) is 0 Å². The number of carbonyl (C=O) groups is 2. The number of hydrogen-bond acceptors (Lipinski definition) is 11. The number of ether oxygens (including phenoxy) is 3. The highest BCUT2D eigenvalue weighted by atomic mass is 127. The topological polar surface area (TPSA) is 167 Å². The lowest BCUT2D eigenvalue weighted by molar-refractivity contribution is -0.0562. The van der Waals surface area contributed by atoms with Crippen molar-refractivity contribution in [2.24, 2.45) is 0 Å². The van der Waals surface area contributed by atoms with Gasteiger partial charge in [0.2, 0.25) is 0 Å². The van der Waals surface area contributed by atoms with E-state index in [1.54, 1.807) is 0 Å². The van der Waals surface area contributed by atoms with Crippen LogP contribution in [0.1, 0.15) is 71.6 Å². The molecule has 1 amide bonds. The number of H-pyrrole nitrogens is 1. The van der Waals surface area contributed by atoms with Gasteiger partial charge in [-0.1, -0.05) is 48.5 Å². The van der Waals surface area contributed by atoms with Crippen molar-refractivity contribution in [1.82, 2.24) is 29.7 Å². The van der Waals surface area contributed by atoms with E-state index in [2.05, 4.69) is 84.4 Å². The molecule has 1 saturated heterocycles. The molecule has 280 valence electrons. The maximum atomic E-state index is 13.0. The first-order valence-corrected chi connectivity index (χ1v) is 21.5. The minimum Gasteiger partial charge on any atom is -0.433 e. The summed E-state index contributed by atoms with van der Waals surface area (Å²) in [6.45, 7) is 17.3. The second-order valence-corrected chi connectivity index (χ2v) is 21.3. The molecular weight excluding hydrogens is 902 g/mol. The molecule has 2 N–H and O–H groups in total. The van der Waals surface area contributed by atoms with Crippen molar-refractivity contribution in [2.75, 3.05) is 39.4 Å². The SMILES string of the molecule is CCN(CCNC(=O)c1cnc2cc(I)ccc2n1)CCOC(=O)O[C@H]1C[C@H](n2cc(I)c(=O)[nH]c2=O)O[C@@H]1CO[Si](C(C)C)(C(C)C)C(C)C. The average Bonchev–Trinajstić information content (AvgIpc) is 3.46. The van der Waals surface area contributed by atoms with Crippen molar-refractivity contribution in [3.63, 3.8) is 0 Å². The zero-order valence-corrected chi connectivity index (χ0v) is 35.4. The van der Waals surface area contributed by atoms with E-state index in [9.17, 15) is 19.2 Å². The quantitative estimate of drug-likeness (QED) is 0.107. The Morgan fingerprint density at radius 1 is 1.10 bits per heavy atom. The van der Waals surface area contributed by atoms with Gasteiger partial charge in [0.05, 0.1) is 27.4 Å². The highest BCUT2D eigenvalue weighted by Crippen LogP contribution is 2.43. The monoisotopic (exact) mass is 950 g/mol. The second-order valence-electron chi connectivity index (χ2n) is 13.5. The Bertz CT molecular complexity index is 1770. The van der Waals surface area contributed by atoms with Crippen molar-refractivity contribution >= 4 is 76.6 Å². The lowest BCUT2D eigenvalue weighted by Crippen LogP contribution is -2.50. The van der Waals surface area contributed by atoms with Crippen LogP contribution >= 0.6 is 45.2 Å². The fourth-order valence-corrected chi connectivity index (χ4v) is 13.3. The van der Waals surface area contributed by atoms with Gasteiger partial charge in [-0.15, -0.1) is 0 Å². The molecule has 3 aromatic rings. The summed E-state index contributed by atoms with van der Waals surface area (Å²) in [5, 5.41) is 2.88. The molecule has 0 saturated carbocycles. The second kappa shape index (κ2) is 18.5. The van der Waals surface area contributed by atoms with E-state index < -0.39 is 44.2 Å². The highest BCUT2D eigenvalue weighted by Gasteiger charge is 2.47. The summed E-state index contributed by atoms with van der Waals surface area (Å²) in [6.07, 6.45) is 0.0372. The van der Waals surface area contributed by atoms with Crippen LogP contribution < -0.4 is 16.6 Å². The zero-order chi connectivity index (χ0) is 37.5. The molecule has 1 aliphatic heterocycles. The lowest BCUT2D eigenvalue weighted by atomic mass is 10.2. The molecule has 1 aromatic carbocycles. The summed E-state index contributed by atoms with van der Waals surface area (Å²) in [5.74, 6) is -0.316. The van der Waals surface area contributed by atoms with Gasteiger partial charge in [-0.2, -0.15) is 0 Å². The van der Waals surface area contributed by atoms with E-state index in [1.165, 1.54) is 17.0 Å². The summed E-state index contributed by atoms with van der Waals surface area (Å²) in [5.41, 5.74) is 1.51. The molecule has 3 atom stereocenters. The Morgan fingerprint density at radius 3 is 2.47 bits per heavy atom. The maximum Gasteiger partial charge on any atom is 0.508 e. The van der Waals surface area contributed by atoms with Gasteiger partial charge in [-0.05, 0) is 86.5 Å². The fourth-order valence-electron chi connectivity index (χ4n) is 6.90. The zero-order valence-electron chi connectivity index (χ0n) is 30.1. The maximum absolute atomic E-state index is 13.0. The molecule has 0 aliphatic carbocycles. The molecule has 4 rings (SSSR count). The number of carbonyl (C=O) groups excluding carboxylic acids is 2. The van der Waals surface area contributed by atoms with Gasteiger partial charge in [0.15, 0.2) is 8.32 Å².